The van der Waals surface area contributed by atoms with Crippen LogP contribution in [0.2, 0.25) is 0 Å². The molecule has 0 aromatic carbocycles. The second kappa shape index (κ2) is 6.28. The van der Waals surface area contributed by atoms with Gasteiger partial charge in [-0.05, 0) is 6.42 Å². The van der Waals surface area contributed by atoms with Crippen molar-refractivity contribution < 1.29 is 4.79 Å². The molecule has 2 aromatic rings. The lowest BCUT2D eigenvalue weighted by Crippen LogP contribution is -1.98. The average Bonchev–Trinajstić information content (AvgIpc) is 2.82. The molecule has 0 amide bonds. The largest absolute Gasteiger partial charge is 0.294 e. The standard InChI is InChI=1S/C14H19N3O/c1-2-3-4-5-6-7-14(18)12-10-16-17-9-8-15-11-13(12)17/h8-11H,2-7H2,1H3. The van der Waals surface area contributed by atoms with Gasteiger partial charge in [0, 0.05) is 18.8 Å². The van der Waals surface area contributed by atoms with Crippen molar-refractivity contribution in [2.75, 3.05) is 0 Å². The molecule has 0 aliphatic rings. The van der Waals surface area contributed by atoms with Crippen LogP contribution in [-0.2, 0) is 0 Å². The highest BCUT2D eigenvalue weighted by Gasteiger charge is 2.11. The molecule has 96 valence electrons. The van der Waals surface area contributed by atoms with Gasteiger partial charge in [0.1, 0.15) is 0 Å². The van der Waals surface area contributed by atoms with E-state index in [0.717, 1.165) is 18.4 Å². The van der Waals surface area contributed by atoms with Gasteiger partial charge in [-0.2, -0.15) is 5.10 Å². The number of hydrogen-bond acceptors (Lipinski definition) is 3. The molecule has 0 aliphatic carbocycles. The summed E-state index contributed by atoms with van der Waals surface area (Å²) in [6.45, 7) is 2.19. The fraction of sp³-hybridized carbons (Fsp3) is 0.500. The molecule has 0 bridgehead atoms. The van der Waals surface area contributed by atoms with Gasteiger partial charge in [0.15, 0.2) is 5.78 Å². The van der Waals surface area contributed by atoms with E-state index in [1.807, 2.05) is 0 Å². The Kier molecular flexibility index (Phi) is 4.45. The second-order valence-electron chi connectivity index (χ2n) is 4.55. The third-order valence-corrected chi connectivity index (χ3v) is 3.13. The molecular weight excluding hydrogens is 226 g/mol. The number of aromatic nitrogens is 3. The van der Waals surface area contributed by atoms with Crippen LogP contribution < -0.4 is 0 Å². The number of fused-ring (bicyclic) bond motifs is 1. The van der Waals surface area contributed by atoms with Gasteiger partial charge in [-0.25, -0.2) is 4.52 Å². The SMILES string of the molecule is CCCCCCCC(=O)c1cnn2ccncc12. The Balaban J connectivity index is 1.93. The molecule has 18 heavy (non-hydrogen) atoms. The van der Waals surface area contributed by atoms with Crippen molar-refractivity contribution in [1.82, 2.24) is 14.6 Å². The monoisotopic (exact) mass is 245 g/mol. The minimum Gasteiger partial charge on any atom is -0.294 e. The van der Waals surface area contributed by atoms with Crippen LogP contribution in [0.4, 0.5) is 0 Å². The Morgan fingerprint density at radius 2 is 2.06 bits per heavy atom. The van der Waals surface area contributed by atoms with Gasteiger partial charge < -0.3 is 0 Å². The Morgan fingerprint density at radius 1 is 1.22 bits per heavy atom. The predicted octanol–water partition coefficient (Wildman–Crippen LogP) is 3.27. The van der Waals surface area contributed by atoms with E-state index in [0.29, 0.717) is 12.0 Å². The van der Waals surface area contributed by atoms with Gasteiger partial charge in [-0.1, -0.05) is 32.6 Å². The lowest BCUT2D eigenvalue weighted by atomic mass is 10.1. The lowest BCUT2D eigenvalue weighted by molar-refractivity contribution is 0.0980. The molecule has 0 saturated carbocycles. The molecule has 0 unspecified atom stereocenters. The van der Waals surface area contributed by atoms with Crippen molar-refractivity contribution in [2.45, 2.75) is 45.4 Å². The van der Waals surface area contributed by atoms with Crippen LogP contribution in [0.5, 0.6) is 0 Å². The maximum atomic E-state index is 12.1. The molecule has 2 aromatic heterocycles. The zero-order valence-electron chi connectivity index (χ0n) is 10.8. The van der Waals surface area contributed by atoms with Crippen molar-refractivity contribution in [3.8, 4) is 0 Å². The van der Waals surface area contributed by atoms with E-state index in [9.17, 15) is 4.79 Å². The summed E-state index contributed by atoms with van der Waals surface area (Å²) in [5.41, 5.74) is 1.50. The average molecular weight is 245 g/mol. The Bertz CT molecular complexity index is 518. The first-order valence-electron chi connectivity index (χ1n) is 6.63. The number of Topliss-reactive ketones (excluding diaryl/α,β-unsaturated/α-hetero) is 1. The molecule has 0 N–H and O–H groups in total. The summed E-state index contributed by atoms with van der Waals surface area (Å²) < 4.78 is 1.69. The smallest absolute Gasteiger partial charge is 0.166 e. The van der Waals surface area contributed by atoms with E-state index in [1.165, 1.54) is 19.3 Å². The third-order valence-electron chi connectivity index (χ3n) is 3.13. The highest BCUT2D eigenvalue weighted by molar-refractivity contribution is 6.01. The van der Waals surface area contributed by atoms with Gasteiger partial charge >= 0.3 is 0 Å². The van der Waals surface area contributed by atoms with Gasteiger partial charge in [0.25, 0.3) is 0 Å². The third kappa shape index (κ3) is 2.94. The zero-order valence-corrected chi connectivity index (χ0v) is 10.8. The Labute approximate surface area is 107 Å². The van der Waals surface area contributed by atoms with Gasteiger partial charge in [0.05, 0.1) is 23.5 Å². The Morgan fingerprint density at radius 3 is 2.89 bits per heavy atom. The summed E-state index contributed by atoms with van der Waals surface area (Å²) in [5, 5.41) is 4.15. The summed E-state index contributed by atoms with van der Waals surface area (Å²) in [6.07, 6.45) is 13.2. The first-order valence-corrected chi connectivity index (χ1v) is 6.63. The van der Waals surface area contributed by atoms with Crippen LogP contribution >= 0.6 is 0 Å². The Hall–Kier alpha value is -1.71. The molecule has 4 nitrogen and oxygen atoms in total. The predicted molar refractivity (Wildman–Crippen MR) is 70.7 cm³/mol. The molecule has 2 rings (SSSR count). The number of carbonyl (C=O) groups excluding carboxylic acids is 1. The number of rotatable bonds is 7. The number of ketones is 1. The number of nitrogens with zero attached hydrogens (tertiary/aromatic N) is 3. The molecule has 0 aliphatic heterocycles. The van der Waals surface area contributed by atoms with Crippen molar-refractivity contribution in [2.24, 2.45) is 0 Å². The van der Waals surface area contributed by atoms with Crippen molar-refractivity contribution in [1.29, 1.82) is 0 Å². The molecule has 0 spiro atoms. The molecule has 2 heterocycles. The first kappa shape index (κ1) is 12.7. The number of hydrogen-bond donors (Lipinski definition) is 0. The van der Waals surface area contributed by atoms with E-state index in [2.05, 4.69) is 17.0 Å². The minimum absolute atomic E-state index is 0.175. The summed E-state index contributed by atoms with van der Waals surface area (Å²) in [6, 6.07) is 0. The minimum atomic E-state index is 0.175. The summed E-state index contributed by atoms with van der Waals surface area (Å²) in [7, 11) is 0. The van der Waals surface area contributed by atoms with Crippen LogP contribution in [0.3, 0.4) is 0 Å². The summed E-state index contributed by atoms with van der Waals surface area (Å²) >= 11 is 0. The van der Waals surface area contributed by atoms with E-state index >= 15 is 0 Å². The van der Waals surface area contributed by atoms with Gasteiger partial charge in [0.2, 0.25) is 0 Å². The van der Waals surface area contributed by atoms with Crippen LogP contribution in [-0.4, -0.2) is 20.4 Å². The summed E-state index contributed by atoms with van der Waals surface area (Å²) in [5.74, 6) is 0.175. The zero-order chi connectivity index (χ0) is 12.8. The van der Waals surface area contributed by atoms with Crippen molar-refractivity contribution in [3.05, 3.63) is 30.4 Å². The van der Waals surface area contributed by atoms with Crippen molar-refractivity contribution >= 4 is 11.3 Å². The highest BCUT2D eigenvalue weighted by Crippen LogP contribution is 2.14. The summed E-state index contributed by atoms with van der Waals surface area (Å²) in [4.78, 5) is 16.1. The second-order valence-corrected chi connectivity index (χ2v) is 4.55. The van der Waals surface area contributed by atoms with Crippen LogP contribution in [0.1, 0.15) is 55.8 Å². The number of unbranched alkanes of at least 4 members (excludes halogenated alkanes) is 4. The maximum Gasteiger partial charge on any atom is 0.166 e. The van der Waals surface area contributed by atoms with E-state index in [1.54, 1.807) is 29.3 Å². The van der Waals surface area contributed by atoms with Gasteiger partial charge in [-0.3, -0.25) is 9.78 Å². The fourth-order valence-corrected chi connectivity index (χ4v) is 2.07. The normalized spacial score (nSPS) is 10.9. The quantitative estimate of drug-likeness (QED) is 0.555. The first-order chi connectivity index (χ1) is 8.83. The van der Waals surface area contributed by atoms with Gasteiger partial charge in [-0.15, -0.1) is 0 Å². The maximum absolute atomic E-state index is 12.1. The molecule has 0 radical (unpaired) electrons. The molecule has 0 fully saturated rings. The molecular formula is C14H19N3O. The van der Waals surface area contributed by atoms with Crippen LogP contribution in [0.15, 0.2) is 24.8 Å². The van der Waals surface area contributed by atoms with Crippen LogP contribution in [0.25, 0.3) is 5.52 Å². The highest BCUT2D eigenvalue weighted by atomic mass is 16.1. The topological polar surface area (TPSA) is 47.3 Å². The number of carbonyl (C=O) groups is 1. The fourth-order valence-electron chi connectivity index (χ4n) is 2.07. The van der Waals surface area contributed by atoms with E-state index in [-0.39, 0.29) is 5.78 Å². The molecule has 0 saturated heterocycles. The lowest BCUT2D eigenvalue weighted by Gasteiger charge is -2.00. The van der Waals surface area contributed by atoms with E-state index < -0.39 is 0 Å². The van der Waals surface area contributed by atoms with Crippen LogP contribution in [0, 0.1) is 0 Å². The molecule has 0 atom stereocenters. The molecule has 4 heteroatoms. The van der Waals surface area contributed by atoms with E-state index in [4.69, 9.17) is 0 Å². The van der Waals surface area contributed by atoms with Crippen molar-refractivity contribution in [3.63, 3.8) is 0 Å².